The van der Waals surface area contributed by atoms with E-state index < -0.39 is 37.2 Å². The summed E-state index contributed by atoms with van der Waals surface area (Å²) in [7, 11) is 0. The summed E-state index contributed by atoms with van der Waals surface area (Å²) < 4.78 is 0. The van der Waals surface area contributed by atoms with Gasteiger partial charge in [-0.25, -0.2) is 0 Å². The molecule has 16 heavy (non-hydrogen) atoms. The molecule has 0 aromatic heterocycles. The number of hydrogen-bond donors (Lipinski definition) is 5. The summed E-state index contributed by atoms with van der Waals surface area (Å²) in [6.07, 6.45) is -1.38. The van der Waals surface area contributed by atoms with Gasteiger partial charge in [-0.15, -0.1) is 0 Å². The van der Waals surface area contributed by atoms with Crippen LogP contribution < -0.4 is 5.32 Å². The number of Topliss-reactive ketones (excluding diaryl/α,β-unsaturated/α-hetero) is 1. The molecule has 0 heterocycles. The molecule has 6 heteroatoms. The van der Waals surface area contributed by atoms with Gasteiger partial charge in [0.25, 0.3) is 0 Å². The van der Waals surface area contributed by atoms with Crippen LogP contribution in [-0.2, 0) is 4.79 Å². The summed E-state index contributed by atoms with van der Waals surface area (Å²) >= 11 is 0. The highest BCUT2D eigenvalue weighted by Crippen LogP contribution is 1.99. The zero-order valence-corrected chi connectivity index (χ0v) is 9.46. The zero-order valence-electron chi connectivity index (χ0n) is 9.46. The van der Waals surface area contributed by atoms with Crippen molar-refractivity contribution in [3.05, 3.63) is 0 Å². The lowest BCUT2D eigenvalue weighted by molar-refractivity contribution is -0.137. The molecule has 96 valence electrons. The minimum absolute atomic E-state index is 0.447. The first-order chi connectivity index (χ1) is 7.58. The average Bonchev–Trinajstić information content (AvgIpc) is 2.32. The Morgan fingerprint density at radius 1 is 1.25 bits per heavy atom. The van der Waals surface area contributed by atoms with E-state index in [1.807, 2.05) is 6.92 Å². The Morgan fingerprint density at radius 3 is 2.31 bits per heavy atom. The van der Waals surface area contributed by atoms with E-state index in [1.54, 1.807) is 0 Å². The highest BCUT2D eigenvalue weighted by atomic mass is 16.4. The second-order valence-corrected chi connectivity index (χ2v) is 3.64. The summed E-state index contributed by atoms with van der Waals surface area (Å²) in [4.78, 5) is 11.5. The molecule has 0 bridgehead atoms. The minimum atomic E-state index is -1.67. The number of carbonyl (C=O) groups excluding carboxylic acids is 1. The summed E-state index contributed by atoms with van der Waals surface area (Å²) in [6, 6.07) is -0.900. The van der Waals surface area contributed by atoms with Crippen LogP contribution in [0.25, 0.3) is 0 Å². The molecule has 6 nitrogen and oxygen atoms in total. The van der Waals surface area contributed by atoms with E-state index in [2.05, 4.69) is 5.32 Å². The van der Waals surface area contributed by atoms with Gasteiger partial charge >= 0.3 is 0 Å². The number of nitrogens with one attached hydrogen (secondary N) is 1. The molecule has 0 aliphatic heterocycles. The Hall–Kier alpha value is -0.530. The molecule has 0 saturated heterocycles. The zero-order chi connectivity index (χ0) is 12.6. The number of aliphatic hydroxyl groups is 4. The molecule has 0 saturated carbocycles. The average molecular weight is 235 g/mol. The van der Waals surface area contributed by atoms with E-state index in [0.29, 0.717) is 6.54 Å². The van der Waals surface area contributed by atoms with Crippen LogP contribution in [-0.4, -0.2) is 64.2 Å². The minimum Gasteiger partial charge on any atom is -0.394 e. The Labute approximate surface area is 94.9 Å². The van der Waals surface area contributed by atoms with Gasteiger partial charge in [0.05, 0.1) is 19.3 Å². The smallest absolute Gasteiger partial charge is 0.183 e. The van der Waals surface area contributed by atoms with Gasteiger partial charge in [-0.2, -0.15) is 0 Å². The Kier molecular flexibility index (Phi) is 8.32. The van der Waals surface area contributed by atoms with Crippen LogP contribution in [0.1, 0.15) is 19.8 Å². The van der Waals surface area contributed by atoms with Gasteiger partial charge in [0.2, 0.25) is 0 Å². The molecule has 0 aliphatic rings. The van der Waals surface area contributed by atoms with Gasteiger partial charge in [0.1, 0.15) is 12.2 Å². The number of aliphatic hydroxyl groups excluding tert-OH is 4. The van der Waals surface area contributed by atoms with E-state index in [1.165, 1.54) is 0 Å². The van der Waals surface area contributed by atoms with Crippen LogP contribution in [0, 0.1) is 0 Å². The fourth-order valence-corrected chi connectivity index (χ4v) is 1.20. The van der Waals surface area contributed by atoms with Crippen molar-refractivity contribution in [1.82, 2.24) is 5.32 Å². The quantitative estimate of drug-likeness (QED) is 0.296. The number of carbonyl (C=O) groups is 1. The van der Waals surface area contributed by atoms with E-state index in [9.17, 15) is 9.90 Å². The van der Waals surface area contributed by atoms with Gasteiger partial charge in [0, 0.05) is 0 Å². The summed E-state index contributed by atoms with van der Waals surface area (Å²) in [5.41, 5.74) is 0. The SMILES string of the molecule is CCCCN[C@H](CO)C(=O)[C@H](O)[C@H](O)CO. The molecular weight excluding hydrogens is 214 g/mol. The van der Waals surface area contributed by atoms with Crippen molar-refractivity contribution in [3.63, 3.8) is 0 Å². The molecule has 0 radical (unpaired) electrons. The Morgan fingerprint density at radius 2 is 1.88 bits per heavy atom. The van der Waals surface area contributed by atoms with Gasteiger partial charge in [-0.1, -0.05) is 13.3 Å². The molecular formula is C10H21NO5. The molecule has 5 N–H and O–H groups in total. The second-order valence-electron chi connectivity index (χ2n) is 3.64. The normalized spacial score (nSPS) is 16.8. The highest BCUT2D eigenvalue weighted by molar-refractivity contribution is 5.88. The number of rotatable bonds is 9. The van der Waals surface area contributed by atoms with E-state index in [0.717, 1.165) is 12.8 Å². The van der Waals surface area contributed by atoms with Crippen molar-refractivity contribution in [2.24, 2.45) is 0 Å². The Balaban J connectivity index is 4.18. The first kappa shape index (κ1) is 15.5. The molecule has 0 aliphatic carbocycles. The van der Waals surface area contributed by atoms with Crippen molar-refractivity contribution in [3.8, 4) is 0 Å². The molecule has 0 fully saturated rings. The highest BCUT2D eigenvalue weighted by Gasteiger charge is 2.29. The van der Waals surface area contributed by atoms with Gasteiger partial charge in [-0.05, 0) is 13.0 Å². The fraction of sp³-hybridized carbons (Fsp3) is 0.900. The van der Waals surface area contributed by atoms with Crippen LogP contribution in [0.2, 0.25) is 0 Å². The van der Waals surface area contributed by atoms with Crippen LogP contribution in [0.3, 0.4) is 0 Å². The molecule has 0 rings (SSSR count). The maximum atomic E-state index is 11.5. The number of hydrogen-bond acceptors (Lipinski definition) is 6. The van der Waals surface area contributed by atoms with Gasteiger partial charge in [0.15, 0.2) is 5.78 Å². The number of ketones is 1. The van der Waals surface area contributed by atoms with Crippen LogP contribution in [0.4, 0.5) is 0 Å². The molecule has 3 atom stereocenters. The molecule has 0 amide bonds. The first-order valence-electron chi connectivity index (χ1n) is 5.43. The predicted molar refractivity (Wildman–Crippen MR) is 57.9 cm³/mol. The Bertz CT molecular complexity index is 200. The maximum absolute atomic E-state index is 11.5. The molecule has 0 aromatic carbocycles. The van der Waals surface area contributed by atoms with Crippen LogP contribution in [0.15, 0.2) is 0 Å². The molecule has 0 unspecified atom stereocenters. The van der Waals surface area contributed by atoms with Crippen molar-refractivity contribution >= 4 is 5.78 Å². The van der Waals surface area contributed by atoms with E-state index in [-0.39, 0.29) is 0 Å². The molecule has 0 aromatic rings. The summed E-state index contributed by atoms with van der Waals surface area (Å²) in [5, 5.41) is 38.7. The number of unbranched alkanes of at least 4 members (excludes halogenated alkanes) is 1. The van der Waals surface area contributed by atoms with Crippen molar-refractivity contribution < 1.29 is 25.2 Å². The van der Waals surface area contributed by atoms with Crippen molar-refractivity contribution in [2.75, 3.05) is 19.8 Å². The third-order valence-corrected chi connectivity index (χ3v) is 2.29. The monoisotopic (exact) mass is 235 g/mol. The van der Waals surface area contributed by atoms with E-state index >= 15 is 0 Å². The lowest BCUT2D eigenvalue weighted by atomic mass is 10.0. The summed E-state index contributed by atoms with van der Waals surface area (Å²) in [6.45, 7) is 1.40. The van der Waals surface area contributed by atoms with Gasteiger partial charge in [-0.3, -0.25) is 4.79 Å². The first-order valence-corrected chi connectivity index (χ1v) is 5.43. The van der Waals surface area contributed by atoms with Crippen LogP contribution >= 0.6 is 0 Å². The third kappa shape index (κ3) is 5.00. The van der Waals surface area contributed by atoms with E-state index in [4.69, 9.17) is 15.3 Å². The lowest BCUT2D eigenvalue weighted by Crippen LogP contribution is -2.49. The lowest BCUT2D eigenvalue weighted by Gasteiger charge is -2.20. The largest absolute Gasteiger partial charge is 0.394 e. The van der Waals surface area contributed by atoms with Crippen LogP contribution in [0.5, 0.6) is 0 Å². The topological polar surface area (TPSA) is 110 Å². The maximum Gasteiger partial charge on any atom is 0.183 e. The third-order valence-electron chi connectivity index (χ3n) is 2.29. The molecule has 0 spiro atoms. The summed E-state index contributed by atoms with van der Waals surface area (Å²) in [5.74, 6) is -0.708. The predicted octanol–water partition coefficient (Wildman–Crippen LogP) is -1.98. The van der Waals surface area contributed by atoms with Gasteiger partial charge < -0.3 is 25.7 Å². The standard InChI is InChI=1S/C10H21NO5/c1-2-3-4-11-7(5-12)9(15)10(16)8(14)6-13/h7-8,10-14,16H,2-6H2,1H3/t7-,8-,10-/m1/s1. The van der Waals surface area contributed by atoms with Crippen molar-refractivity contribution in [2.45, 2.75) is 38.0 Å². The van der Waals surface area contributed by atoms with Crippen molar-refractivity contribution in [1.29, 1.82) is 0 Å². The second kappa shape index (κ2) is 8.60. The fourth-order valence-electron chi connectivity index (χ4n) is 1.20.